The minimum absolute atomic E-state index is 0.0680. The van der Waals surface area contributed by atoms with Gasteiger partial charge in [-0.3, -0.25) is 5.10 Å². The van der Waals surface area contributed by atoms with Crippen LogP contribution in [0.3, 0.4) is 0 Å². The van der Waals surface area contributed by atoms with Gasteiger partial charge < -0.3 is 10.6 Å². The highest BCUT2D eigenvalue weighted by Gasteiger charge is 2.35. The summed E-state index contributed by atoms with van der Waals surface area (Å²) >= 11 is 0. The molecule has 9 heteroatoms. The van der Waals surface area contributed by atoms with E-state index >= 15 is 0 Å². The molecule has 0 saturated carbocycles. The summed E-state index contributed by atoms with van der Waals surface area (Å²) in [5, 5.41) is 11.9. The van der Waals surface area contributed by atoms with Gasteiger partial charge >= 0.3 is 6.18 Å². The molecule has 3 N–H and O–H groups in total. The number of halogens is 3. The molecule has 108 valence electrons. The van der Waals surface area contributed by atoms with Crippen LogP contribution in [-0.2, 0) is 6.18 Å². The van der Waals surface area contributed by atoms with E-state index in [-0.39, 0.29) is 11.8 Å². The lowest BCUT2D eigenvalue weighted by atomic mass is 10.3. The third-order valence-electron chi connectivity index (χ3n) is 2.51. The van der Waals surface area contributed by atoms with Gasteiger partial charge in [0, 0.05) is 12.7 Å². The predicted octanol–water partition coefficient (Wildman–Crippen LogP) is 2.70. The maximum absolute atomic E-state index is 12.8. The van der Waals surface area contributed by atoms with Crippen LogP contribution < -0.4 is 10.6 Å². The van der Waals surface area contributed by atoms with Gasteiger partial charge in [-0.05, 0) is 13.8 Å². The quantitative estimate of drug-likeness (QED) is 0.805. The molecule has 0 saturated heterocycles. The van der Waals surface area contributed by atoms with Crippen molar-refractivity contribution in [1.29, 1.82) is 0 Å². The summed E-state index contributed by atoms with van der Waals surface area (Å²) in [5.74, 6) is -0.183. The van der Waals surface area contributed by atoms with Crippen LogP contribution in [0.15, 0.2) is 12.4 Å². The molecule has 0 atom stereocenters. The molecule has 2 aromatic heterocycles. The first-order valence-electron chi connectivity index (χ1n) is 5.87. The summed E-state index contributed by atoms with van der Waals surface area (Å²) in [6.45, 7) is 3.78. The predicted molar refractivity (Wildman–Crippen MR) is 67.8 cm³/mol. The average molecular weight is 286 g/mol. The topological polar surface area (TPSA) is 78.5 Å². The second-order valence-electron chi connectivity index (χ2n) is 4.02. The fraction of sp³-hybridized carbons (Fsp3) is 0.364. The molecule has 0 spiro atoms. The minimum atomic E-state index is -4.50. The van der Waals surface area contributed by atoms with Crippen molar-refractivity contribution in [1.82, 2.24) is 20.2 Å². The Hall–Kier alpha value is -2.32. The van der Waals surface area contributed by atoms with Gasteiger partial charge in [0.05, 0.1) is 17.6 Å². The van der Waals surface area contributed by atoms with E-state index in [1.807, 2.05) is 0 Å². The molecule has 0 aliphatic rings. The number of nitrogens with one attached hydrogen (secondary N) is 3. The Morgan fingerprint density at radius 3 is 2.60 bits per heavy atom. The summed E-state index contributed by atoms with van der Waals surface area (Å²) in [5.41, 5.74) is 0.444. The summed E-state index contributed by atoms with van der Waals surface area (Å²) < 4.78 is 38.4. The fourth-order valence-electron chi connectivity index (χ4n) is 1.55. The molecule has 2 heterocycles. The molecule has 0 fully saturated rings. The number of rotatable bonds is 4. The van der Waals surface area contributed by atoms with Crippen molar-refractivity contribution in [2.24, 2.45) is 0 Å². The Morgan fingerprint density at radius 1 is 1.30 bits per heavy atom. The van der Waals surface area contributed by atoms with Gasteiger partial charge in [-0.15, -0.1) is 0 Å². The molecule has 0 bridgehead atoms. The van der Waals surface area contributed by atoms with Gasteiger partial charge in [-0.2, -0.15) is 23.3 Å². The first kappa shape index (κ1) is 14.1. The zero-order chi connectivity index (χ0) is 14.8. The molecule has 0 radical (unpaired) electrons. The van der Waals surface area contributed by atoms with Crippen LogP contribution in [0, 0.1) is 6.92 Å². The third-order valence-corrected chi connectivity index (χ3v) is 2.51. The fourth-order valence-corrected chi connectivity index (χ4v) is 1.55. The summed E-state index contributed by atoms with van der Waals surface area (Å²) in [6, 6.07) is 0. The molecule has 0 unspecified atom stereocenters. The molecule has 6 nitrogen and oxygen atoms in total. The lowest BCUT2D eigenvalue weighted by molar-refractivity contribution is -0.137. The number of hydrogen-bond acceptors (Lipinski definition) is 5. The van der Waals surface area contributed by atoms with Crippen molar-refractivity contribution in [2.75, 3.05) is 17.2 Å². The van der Waals surface area contributed by atoms with E-state index in [0.29, 0.717) is 12.2 Å². The Kier molecular flexibility index (Phi) is 3.77. The van der Waals surface area contributed by atoms with E-state index < -0.39 is 11.7 Å². The van der Waals surface area contributed by atoms with Gasteiger partial charge in [-0.25, -0.2) is 4.98 Å². The van der Waals surface area contributed by atoms with E-state index in [0.717, 1.165) is 11.9 Å². The smallest absolute Gasteiger partial charge is 0.370 e. The van der Waals surface area contributed by atoms with E-state index in [9.17, 15) is 13.2 Å². The first-order chi connectivity index (χ1) is 9.41. The molecule has 2 rings (SSSR count). The van der Waals surface area contributed by atoms with Crippen molar-refractivity contribution in [2.45, 2.75) is 20.0 Å². The van der Waals surface area contributed by atoms with Gasteiger partial charge in [0.15, 0.2) is 0 Å². The SMILES string of the molecule is CCNc1nc(Nc2cn[nH]c2C)ncc1C(F)(F)F. The van der Waals surface area contributed by atoms with Crippen LogP contribution in [0.5, 0.6) is 0 Å². The maximum atomic E-state index is 12.8. The monoisotopic (exact) mass is 286 g/mol. The van der Waals surface area contributed by atoms with Crippen LogP contribution in [0.1, 0.15) is 18.2 Å². The van der Waals surface area contributed by atoms with Crippen molar-refractivity contribution < 1.29 is 13.2 Å². The highest BCUT2D eigenvalue weighted by atomic mass is 19.4. The molecule has 0 amide bonds. The Balaban J connectivity index is 2.32. The van der Waals surface area contributed by atoms with Crippen LogP contribution in [-0.4, -0.2) is 26.7 Å². The maximum Gasteiger partial charge on any atom is 0.421 e. The highest BCUT2D eigenvalue weighted by molar-refractivity contribution is 5.57. The lowest BCUT2D eigenvalue weighted by Crippen LogP contribution is -2.14. The van der Waals surface area contributed by atoms with Gasteiger partial charge in [0.1, 0.15) is 11.4 Å². The third kappa shape index (κ3) is 2.98. The number of hydrogen-bond donors (Lipinski definition) is 3. The number of aromatic nitrogens is 4. The van der Waals surface area contributed by atoms with E-state index in [1.54, 1.807) is 13.8 Å². The second-order valence-corrected chi connectivity index (χ2v) is 4.02. The summed E-state index contributed by atoms with van der Waals surface area (Å²) in [6.07, 6.45) is -2.24. The second kappa shape index (κ2) is 5.35. The van der Waals surface area contributed by atoms with Gasteiger partial charge in [0.25, 0.3) is 0 Å². The molecule has 20 heavy (non-hydrogen) atoms. The van der Waals surface area contributed by atoms with Gasteiger partial charge in [-0.1, -0.05) is 0 Å². The molecule has 0 aliphatic heterocycles. The largest absolute Gasteiger partial charge is 0.421 e. The van der Waals surface area contributed by atoms with Crippen LogP contribution in [0.25, 0.3) is 0 Å². The van der Waals surface area contributed by atoms with Crippen molar-refractivity contribution >= 4 is 17.5 Å². The zero-order valence-electron chi connectivity index (χ0n) is 10.8. The molecule has 2 aromatic rings. The summed E-state index contributed by atoms with van der Waals surface area (Å²) in [4.78, 5) is 7.53. The number of anilines is 3. The number of H-pyrrole nitrogens is 1. The molecular weight excluding hydrogens is 273 g/mol. The average Bonchev–Trinajstić information content (AvgIpc) is 2.74. The van der Waals surface area contributed by atoms with Crippen LogP contribution >= 0.6 is 0 Å². The molecule has 0 aromatic carbocycles. The Bertz CT molecular complexity index is 592. The van der Waals surface area contributed by atoms with Crippen molar-refractivity contribution in [3.05, 3.63) is 23.7 Å². The van der Waals surface area contributed by atoms with Gasteiger partial charge in [0.2, 0.25) is 5.95 Å². The lowest BCUT2D eigenvalue weighted by Gasteiger charge is -2.13. The standard InChI is InChI=1S/C11H13F3N6/c1-3-15-9-7(11(12,13)14)4-16-10(19-9)18-8-5-17-20-6(8)2/h4-5H,3H2,1-2H3,(H,17,20)(H2,15,16,18,19). The van der Waals surface area contributed by atoms with Crippen molar-refractivity contribution in [3.63, 3.8) is 0 Å². The van der Waals surface area contributed by atoms with E-state index in [1.165, 1.54) is 6.20 Å². The van der Waals surface area contributed by atoms with Crippen LogP contribution in [0.4, 0.5) is 30.6 Å². The minimum Gasteiger partial charge on any atom is -0.370 e. The van der Waals surface area contributed by atoms with E-state index in [2.05, 4.69) is 30.8 Å². The number of nitrogens with zero attached hydrogens (tertiary/aromatic N) is 3. The van der Waals surface area contributed by atoms with Crippen molar-refractivity contribution in [3.8, 4) is 0 Å². The molecule has 0 aliphatic carbocycles. The number of aromatic amines is 1. The van der Waals surface area contributed by atoms with Crippen LogP contribution in [0.2, 0.25) is 0 Å². The zero-order valence-corrected chi connectivity index (χ0v) is 10.8. The Labute approximate surface area is 112 Å². The van der Waals surface area contributed by atoms with E-state index in [4.69, 9.17) is 0 Å². The molecular formula is C11H13F3N6. The highest BCUT2D eigenvalue weighted by Crippen LogP contribution is 2.34. The number of alkyl halides is 3. The summed E-state index contributed by atoms with van der Waals surface area (Å²) in [7, 11) is 0. The normalized spacial score (nSPS) is 11.4. The first-order valence-corrected chi connectivity index (χ1v) is 5.87. The Morgan fingerprint density at radius 2 is 2.05 bits per heavy atom. The number of aryl methyl sites for hydroxylation is 1.